The van der Waals surface area contributed by atoms with Crippen LogP contribution in [0.15, 0.2) is 42.5 Å². The number of aromatic nitrogens is 3. The van der Waals surface area contributed by atoms with Gasteiger partial charge in [-0.3, -0.25) is 4.79 Å². The SMILES string of the molecule is CCCN(CCC(C)C)C(=O)c1cc2c3cccc(F)c3nc(N)n2n1.Cc1ccc(F)cc1F. The molecule has 0 fully saturated rings. The van der Waals surface area contributed by atoms with Crippen LogP contribution in [0.4, 0.5) is 19.1 Å². The summed E-state index contributed by atoms with van der Waals surface area (Å²) in [5.41, 5.74) is 7.46. The number of fused-ring (bicyclic) bond motifs is 3. The smallest absolute Gasteiger partial charge is 0.274 e. The third kappa shape index (κ3) is 6.09. The maximum atomic E-state index is 14.0. The van der Waals surface area contributed by atoms with E-state index in [0.29, 0.717) is 41.2 Å². The maximum absolute atomic E-state index is 14.0. The lowest BCUT2D eigenvalue weighted by Crippen LogP contribution is -2.33. The molecular formula is C26H30F3N5O. The monoisotopic (exact) mass is 485 g/mol. The number of carbonyl (C=O) groups is 1. The average Bonchev–Trinajstić information content (AvgIpc) is 3.27. The molecule has 4 aromatic rings. The molecule has 0 radical (unpaired) electrons. The number of hydrogen-bond donors (Lipinski definition) is 1. The first-order valence-corrected chi connectivity index (χ1v) is 11.6. The molecule has 0 spiro atoms. The Morgan fingerprint density at radius 3 is 2.46 bits per heavy atom. The Kier molecular flexibility index (Phi) is 8.32. The van der Waals surface area contributed by atoms with Crippen LogP contribution in [-0.2, 0) is 0 Å². The fraction of sp³-hybridized carbons (Fsp3) is 0.346. The number of nitrogen functional groups attached to an aromatic ring is 1. The third-order valence-corrected chi connectivity index (χ3v) is 5.53. The number of carbonyl (C=O) groups excluding carboxylic acids is 1. The number of hydrogen-bond acceptors (Lipinski definition) is 4. The molecule has 9 heteroatoms. The predicted molar refractivity (Wildman–Crippen MR) is 132 cm³/mol. The molecule has 0 aliphatic heterocycles. The fourth-order valence-electron chi connectivity index (χ4n) is 3.58. The predicted octanol–water partition coefficient (Wildman–Crippen LogP) is 5.78. The number of nitrogens with two attached hydrogens (primary N) is 1. The molecule has 2 aromatic heterocycles. The van der Waals surface area contributed by atoms with Crippen molar-refractivity contribution < 1.29 is 18.0 Å². The van der Waals surface area contributed by atoms with Gasteiger partial charge in [0.2, 0.25) is 5.95 Å². The molecule has 0 saturated carbocycles. The number of nitrogens with zero attached hydrogens (tertiary/aromatic N) is 4. The van der Waals surface area contributed by atoms with Crippen molar-refractivity contribution in [3.8, 4) is 0 Å². The summed E-state index contributed by atoms with van der Waals surface area (Å²) in [7, 11) is 0. The third-order valence-electron chi connectivity index (χ3n) is 5.53. The van der Waals surface area contributed by atoms with E-state index in [4.69, 9.17) is 5.73 Å². The number of aryl methyl sites for hydroxylation is 1. The van der Waals surface area contributed by atoms with Crippen molar-refractivity contribution in [1.29, 1.82) is 0 Å². The van der Waals surface area contributed by atoms with Crippen LogP contribution < -0.4 is 5.73 Å². The van der Waals surface area contributed by atoms with Gasteiger partial charge in [-0.05, 0) is 49.4 Å². The summed E-state index contributed by atoms with van der Waals surface area (Å²) in [6, 6.07) is 9.87. The van der Waals surface area contributed by atoms with Crippen LogP contribution in [0.2, 0.25) is 0 Å². The van der Waals surface area contributed by atoms with Crippen molar-refractivity contribution in [1.82, 2.24) is 19.5 Å². The van der Waals surface area contributed by atoms with E-state index in [1.165, 1.54) is 22.7 Å². The zero-order valence-corrected chi connectivity index (χ0v) is 20.4. The summed E-state index contributed by atoms with van der Waals surface area (Å²) >= 11 is 0. The van der Waals surface area contributed by atoms with E-state index >= 15 is 0 Å². The van der Waals surface area contributed by atoms with Crippen LogP contribution in [0.25, 0.3) is 16.4 Å². The van der Waals surface area contributed by atoms with E-state index < -0.39 is 17.5 Å². The van der Waals surface area contributed by atoms with Gasteiger partial charge in [0.25, 0.3) is 5.91 Å². The molecule has 35 heavy (non-hydrogen) atoms. The quantitative estimate of drug-likeness (QED) is 0.376. The van der Waals surface area contributed by atoms with Gasteiger partial charge in [0.15, 0.2) is 5.69 Å². The van der Waals surface area contributed by atoms with Crippen LogP contribution in [0.3, 0.4) is 0 Å². The van der Waals surface area contributed by atoms with Gasteiger partial charge < -0.3 is 10.6 Å². The number of amides is 1. The van der Waals surface area contributed by atoms with Crippen LogP contribution >= 0.6 is 0 Å². The summed E-state index contributed by atoms with van der Waals surface area (Å²) in [5, 5.41) is 4.92. The molecule has 6 nitrogen and oxygen atoms in total. The first-order valence-electron chi connectivity index (χ1n) is 11.6. The highest BCUT2D eigenvalue weighted by Gasteiger charge is 2.21. The van der Waals surface area contributed by atoms with Crippen molar-refractivity contribution in [3.05, 3.63) is 71.2 Å². The molecule has 4 rings (SSSR count). The minimum absolute atomic E-state index is 0.0564. The Hall–Kier alpha value is -3.62. The second kappa shape index (κ2) is 11.2. The molecular weight excluding hydrogens is 455 g/mol. The highest BCUT2D eigenvalue weighted by molar-refractivity contribution is 5.99. The topological polar surface area (TPSA) is 76.5 Å². The standard InChI is InChI=1S/C19H24FN5O.C7H6F2/c1-4-9-24(10-8-12(2)3)18(26)15-11-16-13-6-5-7-14(20)17(13)22-19(21)25(16)23-15;1-5-2-3-6(8)4-7(5)9/h5-7,11-12H,4,8-10H2,1-3H3,(H2,21,22);2-4H,1H3. The van der Waals surface area contributed by atoms with Crippen LogP contribution in [0.1, 0.15) is 49.7 Å². The average molecular weight is 486 g/mol. The zero-order chi connectivity index (χ0) is 25.7. The van der Waals surface area contributed by atoms with Gasteiger partial charge in [0.05, 0.1) is 5.52 Å². The van der Waals surface area contributed by atoms with Crippen molar-refractivity contribution in [2.75, 3.05) is 18.8 Å². The molecule has 0 aliphatic rings. The lowest BCUT2D eigenvalue weighted by atomic mass is 10.1. The number of rotatable bonds is 6. The Balaban J connectivity index is 0.000000320. The lowest BCUT2D eigenvalue weighted by Gasteiger charge is -2.22. The van der Waals surface area contributed by atoms with E-state index in [1.54, 1.807) is 25.1 Å². The van der Waals surface area contributed by atoms with Gasteiger partial charge in [-0.25, -0.2) is 18.2 Å². The summed E-state index contributed by atoms with van der Waals surface area (Å²) in [6.45, 7) is 9.25. The van der Waals surface area contributed by atoms with Gasteiger partial charge in [-0.15, -0.1) is 0 Å². The Bertz CT molecular complexity index is 1340. The summed E-state index contributed by atoms with van der Waals surface area (Å²) in [6.07, 6.45) is 1.80. The fourth-order valence-corrected chi connectivity index (χ4v) is 3.58. The lowest BCUT2D eigenvalue weighted by molar-refractivity contribution is 0.0742. The Morgan fingerprint density at radius 2 is 1.83 bits per heavy atom. The van der Waals surface area contributed by atoms with Gasteiger partial charge in [-0.2, -0.15) is 9.61 Å². The van der Waals surface area contributed by atoms with Gasteiger partial charge in [0.1, 0.15) is 23.0 Å². The number of anilines is 1. The van der Waals surface area contributed by atoms with Crippen molar-refractivity contribution >= 4 is 28.3 Å². The minimum atomic E-state index is -0.530. The second-order valence-corrected chi connectivity index (χ2v) is 8.80. The number of benzene rings is 2. The number of para-hydroxylation sites is 1. The largest absolute Gasteiger partial charge is 0.368 e. The van der Waals surface area contributed by atoms with E-state index in [9.17, 15) is 18.0 Å². The summed E-state index contributed by atoms with van der Waals surface area (Å²) < 4.78 is 39.9. The zero-order valence-electron chi connectivity index (χ0n) is 20.4. The highest BCUT2D eigenvalue weighted by atomic mass is 19.1. The van der Waals surface area contributed by atoms with Gasteiger partial charge in [0, 0.05) is 24.5 Å². The van der Waals surface area contributed by atoms with Gasteiger partial charge >= 0.3 is 0 Å². The molecule has 2 heterocycles. The van der Waals surface area contributed by atoms with Crippen LogP contribution in [0.5, 0.6) is 0 Å². The van der Waals surface area contributed by atoms with E-state index in [1.807, 2.05) is 11.8 Å². The van der Waals surface area contributed by atoms with Crippen molar-refractivity contribution in [2.24, 2.45) is 5.92 Å². The Morgan fingerprint density at radius 1 is 1.09 bits per heavy atom. The number of halogens is 3. The minimum Gasteiger partial charge on any atom is -0.368 e. The summed E-state index contributed by atoms with van der Waals surface area (Å²) in [5.74, 6) is -1.04. The molecule has 0 aliphatic carbocycles. The molecule has 0 bridgehead atoms. The van der Waals surface area contributed by atoms with Crippen LogP contribution in [0, 0.1) is 30.3 Å². The Labute approximate surface area is 202 Å². The van der Waals surface area contributed by atoms with Crippen molar-refractivity contribution in [3.63, 3.8) is 0 Å². The molecule has 2 N–H and O–H groups in total. The van der Waals surface area contributed by atoms with Crippen molar-refractivity contribution in [2.45, 2.75) is 40.5 Å². The normalized spacial score (nSPS) is 11.1. The van der Waals surface area contributed by atoms with Crippen LogP contribution in [-0.4, -0.2) is 38.5 Å². The molecule has 0 saturated heterocycles. The second-order valence-electron chi connectivity index (χ2n) is 8.80. The van der Waals surface area contributed by atoms with E-state index in [2.05, 4.69) is 23.9 Å². The highest BCUT2D eigenvalue weighted by Crippen LogP contribution is 2.24. The molecule has 186 valence electrons. The molecule has 1 amide bonds. The molecule has 0 unspecified atom stereocenters. The summed E-state index contributed by atoms with van der Waals surface area (Å²) in [4.78, 5) is 18.9. The molecule has 0 atom stereocenters. The maximum Gasteiger partial charge on any atom is 0.274 e. The van der Waals surface area contributed by atoms with Gasteiger partial charge in [-0.1, -0.05) is 39.0 Å². The first-order chi connectivity index (χ1) is 16.6. The molecule has 2 aromatic carbocycles. The van der Waals surface area contributed by atoms with E-state index in [0.717, 1.165) is 18.9 Å². The first kappa shape index (κ1) is 26.0. The van der Waals surface area contributed by atoms with E-state index in [-0.39, 0.29) is 17.4 Å².